The van der Waals surface area contributed by atoms with Crippen LogP contribution in [0.2, 0.25) is 0 Å². The van der Waals surface area contributed by atoms with E-state index >= 15 is 0 Å². The van der Waals surface area contributed by atoms with Gasteiger partial charge in [0.05, 0.1) is 19.2 Å². The fraction of sp³-hybridized carbons (Fsp3) is 0.333. The maximum absolute atomic E-state index is 12.2. The predicted octanol–water partition coefficient (Wildman–Crippen LogP) is 1.81. The lowest BCUT2D eigenvalue weighted by Crippen LogP contribution is -2.24. The molecular weight excluding hydrogens is 272 g/mol. The molecular formula is C15H18N2O4. The average Bonchev–Trinajstić information content (AvgIpc) is 2.80. The van der Waals surface area contributed by atoms with Gasteiger partial charge in [-0.05, 0) is 24.6 Å². The summed E-state index contributed by atoms with van der Waals surface area (Å²) in [5, 5.41) is 9.05. The molecule has 0 spiro atoms. The van der Waals surface area contributed by atoms with Gasteiger partial charge in [0.1, 0.15) is 5.75 Å². The second-order valence-corrected chi connectivity index (χ2v) is 4.73. The number of hydrogen-bond donors (Lipinski definition) is 1. The smallest absolute Gasteiger partial charge is 0.335 e. The van der Waals surface area contributed by atoms with E-state index in [9.17, 15) is 9.59 Å². The summed E-state index contributed by atoms with van der Waals surface area (Å²) in [7, 11) is 1.52. The number of benzene rings is 1. The maximum atomic E-state index is 12.2. The summed E-state index contributed by atoms with van der Waals surface area (Å²) >= 11 is 0. The van der Waals surface area contributed by atoms with Crippen LogP contribution in [-0.4, -0.2) is 27.3 Å². The quantitative estimate of drug-likeness (QED) is 0.880. The lowest BCUT2D eigenvalue weighted by Gasteiger charge is -2.09. The van der Waals surface area contributed by atoms with Gasteiger partial charge < -0.3 is 9.84 Å². The zero-order valence-electron chi connectivity index (χ0n) is 12.1. The molecule has 0 fully saturated rings. The van der Waals surface area contributed by atoms with Crippen molar-refractivity contribution < 1.29 is 14.6 Å². The number of nitrogens with zero attached hydrogens (tertiary/aromatic N) is 2. The van der Waals surface area contributed by atoms with Crippen LogP contribution >= 0.6 is 0 Å². The van der Waals surface area contributed by atoms with E-state index in [0.29, 0.717) is 17.9 Å². The summed E-state index contributed by atoms with van der Waals surface area (Å²) in [6.45, 7) is 2.95. The van der Waals surface area contributed by atoms with Crippen molar-refractivity contribution in [1.82, 2.24) is 9.13 Å². The Morgan fingerprint density at radius 1 is 1.29 bits per heavy atom. The number of methoxy groups -OCH3 is 1. The second-order valence-electron chi connectivity index (χ2n) is 4.73. The highest BCUT2D eigenvalue weighted by Crippen LogP contribution is 2.20. The Morgan fingerprint density at radius 2 is 2.00 bits per heavy atom. The van der Waals surface area contributed by atoms with E-state index in [-0.39, 0.29) is 17.8 Å². The minimum atomic E-state index is -1.00. The van der Waals surface area contributed by atoms with Crippen molar-refractivity contribution in [3.63, 3.8) is 0 Å². The molecule has 6 heteroatoms. The lowest BCUT2D eigenvalue weighted by molar-refractivity contribution is 0.0696. The number of carboxylic acids is 1. The minimum Gasteiger partial charge on any atom is -0.496 e. The first kappa shape index (κ1) is 14.9. The van der Waals surface area contributed by atoms with Crippen LogP contribution in [0.5, 0.6) is 5.75 Å². The van der Waals surface area contributed by atoms with Gasteiger partial charge in [0.15, 0.2) is 0 Å². The van der Waals surface area contributed by atoms with Crippen LogP contribution in [-0.2, 0) is 13.1 Å². The van der Waals surface area contributed by atoms with Gasteiger partial charge in [-0.15, -0.1) is 0 Å². The molecule has 1 aromatic heterocycles. The summed E-state index contributed by atoms with van der Waals surface area (Å²) in [6.07, 6.45) is 4.31. The third-order valence-electron chi connectivity index (χ3n) is 3.25. The number of imidazole rings is 1. The van der Waals surface area contributed by atoms with Crippen LogP contribution < -0.4 is 10.4 Å². The van der Waals surface area contributed by atoms with E-state index in [4.69, 9.17) is 9.84 Å². The molecule has 6 nitrogen and oxygen atoms in total. The highest BCUT2D eigenvalue weighted by Gasteiger charge is 2.11. The van der Waals surface area contributed by atoms with Gasteiger partial charge in [0.25, 0.3) is 0 Å². The van der Waals surface area contributed by atoms with Crippen molar-refractivity contribution in [3.8, 4) is 5.75 Å². The normalized spacial score (nSPS) is 10.6. The number of carboxylic acid groups (broad SMARTS) is 1. The van der Waals surface area contributed by atoms with E-state index in [1.165, 1.54) is 19.2 Å². The van der Waals surface area contributed by atoms with E-state index in [1.54, 1.807) is 27.6 Å². The Balaban J connectivity index is 2.36. The molecule has 0 atom stereocenters. The average molecular weight is 290 g/mol. The van der Waals surface area contributed by atoms with Gasteiger partial charge >= 0.3 is 11.7 Å². The third-order valence-corrected chi connectivity index (χ3v) is 3.25. The molecule has 21 heavy (non-hydrogen) atoms. The molecule has 0 aliphatic rings. The van der Waals surface area contributed by atoms with Crippen LogP contribution in [0.15, 0.2) is 35.4 Å². The van der Waals surface area contributed by atoms with E-state index < -0.39 is 5.97 Å². The molecule has 2 rings (SSSR count). The second kappa shape index (κ2) is 6.30. The SMILES string of the molecule is CCCn1ccn(Cc2cc(C(=O)O)ccc2OC)c1=O. The summed E-state index contributed by atoms with van der Waals surface area (Å²) < 4.78 is 8.40. The van der Waals surface area contributed by atoms with Crippen LogP contribution in [0, 0.1) is 0 Å². The Kier molecular flexibility index (Phi) is 4.47. The topological polar surface area (TPSA) is 73.5 Å². The summed E-state index contributed by atoms with van der Waals surface area (Å²) in [5.41, 5.74) is 0.722. The molecule has 112 valence electrons. The van der Waals surface area contributed by atoms with Crippen molar-refractivity contribution in [3.05, 3.63) is 52.2 Å². The van der Waals surface area contributed by atoms with Crippen molar-refractivity contribution >= 4 is 5.97 Å². The first-order chi connectivity index (χ1) is 10.1. The van der Waals surface area contributed by atoms with E-state index in [1.807, 2.05) is 6.92 Å². The summed E-state index contributed by atoms with van der Waals surface area (Å²) in [4.78, 5) is 23.2. The number of aromatic nitrogens is 2. The van der Waals surface area contributed by atoms with E-state index in [2.05, 4.69) is 0 Å². The fourth-order valence-corrected chi connectivity index (χ4v) is 2.20. The largest absolute Gasteiger partial charge is 0.496 e. The van der Waals surface area contributed by atoms with Crippen LogP contribution in [0.3, 0.4) is 0 Å². The standard InChI is InChI=1S/C15H18N2O4/c1-3-6-16-7-8-17(15(16)20)10-12-9-11(14(18)19)4-5-13(12)21-2/h4-5,7-9H,3,6,10H2,1-2H3,(H,18,19). The Hall–Kier alpha value is -2.50. The van der Waals surface area contributed by atoms with Crippen molar-refractivity contribution in [2.45, 2.75) is 26.4 Å². The highest BCUT2D eigenvalue weighted by molar-refractivity contribution is 5.88. The number of hydrogen-bond acceptors (Lipinski definition) is 3. The summed E-state index contributed by atoms with van der Waals surface area (Å²) in [5.74, 6) is -0.440. The minimum absolute atomic E-state index is 0.111. The van der Waals surface area contributed by atoms with Gasteiger partial charge in [-0.25, -0.2) is 9.59 Å². The molecule has 0 unspecified atom stereocenters. The molecule has 1 heterocycles. The Labute approximate surface area is 122 Å². The third kappa shape index (κ3) is 3.16. The molecule has 0 bridgehead atoms. The number of aromatic carboxylic acids is 1. The molecule has 2 aromatic rings. The number of rotatable bonds is 6. The van der Waals surface area contributed by atoms with Crippen LogP contribution in [0.4, 0.5) is 0 Å². The van der Waals surface area contributed by atoms with Crippen molar-refractivity contribution in [2.24, 2.45) is 0 Å². The summed E-state index contributed by atoms with van der Waals surface area (Å²) in [6, 6.07) is 4.62. The highest BCUT2D eigenvalue weighted by atomic mass is 16.5. The van der Waals surface area contributed by atoms with Gasteiger partial charge in [-0.2, -0.15) is 0 Å². The van der Waals surface area contributed by atoms with Crippen molar-refractivity contribution in [2.75, 3.05) is 7.11 Å². The molecule has 1 N–H and O–H groups in total. The molecule has 0 saturated carbocycles. The molecule has 0 amide bonds. The molecule has 0 saturated heterocycles. The molecule has 0 aliphatic carbocycles. The van der Waals surface area contributed by atoms with Gasteiger partial charge in [0, 0.05) is 24.5 Å². The van der Waals surface area contributed by atoms with Gasteiger partial charge in [-0.1, -0.05) is 6.92 Å². The Morgan fingerprint density at radius 3 is 2.62 bits per heavy atom. The van der Waals surface area contributed by atoms with Crippen LogP contribution in [0.1, 0.15) is 29.3 Å². The Bertz CT molecular complexity index is 700. The molecule has 1 aromatic carbocycles. The monoisotopic (exact) mass is 290 g/mol. The van der Waals surface area contributed by atoms with Crippen molar-refractivity contribution in [1.29, 1.82) is 0 Å². The lowest BCUT2D eigenvalue weighted by atomic mass is 10.1. The maximum Gasteiger partial charge on any atom is 0.335 e. The zero-order chi connectivity index (χ0) is 15.4. The number of ether oxygens (including phenoxy) is 1. The van der Waals surface area contributed by atoms with E-state index in [0.717, 1.165) is 6.42 Å². The number of aryl methyl sites for hydroxylation is 1. The van der Waals surface area contributed by atoms with Gasteiger partial charge in [0.2, 0.25) is 0 Å². The first-order valence-corrected chi connectivity index (χ1v) is 6.72. The predicted molar refractivity (Wildman–Crippen MR) is 78.0 cm³/mol. The number of carbonyl (C=O) groups is 1. The molecule has 0 aliphatic heterocycles. The fourth-order valence-electron chi connectivity index (χ4n) is 2.20. The van der Waals surface area contributed by atoms with Gasteiger partial charge in [-0.3, -0.25) is 9.13 Å². The van der Waals surface area contributed by atoms with Crippen LogP contribution in [0.25, 0.3) is 0 Å². The zero-order valence-corrected chi connectivity index (χ0v) is 12.1. The first-order valence-electron chi connectivity index (χ1n) is 6.72. The molecule has 0 radical (unpaired) electrons.